The van der Waals surface area contributed by atoms with Crippen LogP contribution in [0.2, 0.25) is 0 Å². The maximum Gasteiger partial charge on any atom is 0.237 e. The Hall–Kier alpha value is -1.43. The maximum atomic E-state index is 11.2. The number of pyridine rings is 1. The van der Waals surface area contributed by atoms with Crippen LogP contribution in [0.3, 0.4) is 0 Å². The molecule has 0 fully saturated rings. The molecule has 0 unspecified atom stereocenters. The Labute approximate surface area is 75.1 Å². The van der Waals surface area contributed by atoms with Gasteiger partial charge in [0.2, 0.25) is 10.0 Å². The summed E-state index contributed by atoms with van der Waals surface area (Å²) in [5, 5.41) is 0. The zero-order chi connectivity index (χ0) is 9.47. The fourth-order valence-electron chi connectivity index (χ4n) is 1.11. The third-order valence-corrected chi connectivity index (χ3v) is 2.68. The van der Waals surface area contributed by atoms with Crippen molar-refractivity contribution in [3.63, 3.8) is 0 Å². The molecule has 0 amide bonds. The molecule has 0 radical (unpaired) electrons. The molecule has 0 atom stereocenters. The summed E-state index contributed by atoms with van der Waals surface area (Å²) in [6.45, 7) is 0. The largest absolute Gasteiger partial charge is 0.262 e. The van der Waals surface area contributed by atoms with Crippen molar-refractivity contribution in [3.8, 4) is 0 Å². The minimum atomic E-state index is -3.26. The second-order valence-electron chi connectivity index (χ2n) is 2.67. The van der Waals surface area contributed by atoms with Gasteiger partial charge in [0.15, 0.2) is 0 Å². The van der Waals surface area contributed by atoms with Crippen molar-refractivity contribution in [2.24, 2.45) is 0 Å². The third-order valence-electron chi connectivity index (χ3n) is 1.67. The molecule has 2 aromatic heterocycles. The second-order valence-corrected chi connectivity index (χ2v) is 4.53. The van der Waals surface area contributed by atoms with Crippen LogP contribution in [-0.4, -0.2) is 28.6 Å². The zero-order valence-electron chi connectivity index (χ0n) is 6.88. The first-order valence-electron chi connectivity index (χ1n) is 3.56. The molecule has 68 valence electrons. The summed E-state index contributed by atoms with van der Waals surface area (Å²) < 4.78 is 23.6. The van der Waals surface area contributed by atoms with Crippen LogP contribution >= 0.6 is 0 Å². The predicted octanol–water partition coefficient (Wildman–Crippen LogP) is 0.239. The summed E-state index contributed by atoms with van der Waals surface area (Å²) in [7, 11) is -3.26. The van der Waals surface area contributed by atoms with Gasteiger partial charge in [0.05, 0.1) is 18.0 Å². The second kappa shape index (κ2) is 2.53. The van der Waals surface area contributed by atoms with Gasteiger partial charge in [-0.15, -0.1) is 0 Å². The summed E-state index contributed by atoms with van der Waals surface area (Å²) in [5.41, 5.74) is 1.13. The molecule has 5 nitrogen and oxygen atoms in total. The Balaban J connectivity index is 2.87. The Morgan fingerprint density at radius 3 is 2.92 bits per heavy atom. The van der Waals surface area contributed by atoms with Crippen molar-refractivity contribution in [2.45, 2.75) is 0 Å². The van der Waals surface area contributed by atoms with Crippen molar-refractivity contribution in [2.75, 3.05) is 6.26 Å². The van der Waals surface area contributed by atoms with Crippen molar-refractivity contribution in [1.82, 2.24) is 13.9 Å². The lowest BCUT2D eigenvalue weighted by molar-refractivity contribution is 0.595. The number of hydrogen-bond donors (Lipinski definition) is 0. The molecule has 0 spiro atoms. The fourth-order valence-corrected chi connectivity index (χ4v) is 1.84. The highest BCUT2D eigenvalue weighted by molar-refractivity contribution is 7.89. The minimum absolute atomic E-state index is 0.553. The number of aromatic nitrogens is 3. The van der Waals surface area contributed by atoms with Crippen molar-refractivity contribution < 1.29 is 8.42 Å². The van der Waals surface area contributed by atoms with Gasteiger partial charge in [0.1, 0.15) is 11.8 Å². The van der Waals surface area contributed by atoms with Crippen molar-refractivity contribution in [1.29, 1.82) is 0 Å². The van der Waals surface area contributed by atoms with E-state index in [9.17, 15) is 8.42 Å². The Bertz CT molecular complexity index is 544. The molecule has 0 aliphatic heterocycles. The van der Waals surface area contributed by atoms with Crippen LogP contribution in [0.5, 0.6) is 0 Å². The molecule has 0 aliphatic carbocycles. The standard InChI is InChI=1S/C7H7N3O2S/c1-13(11,12)10-5-9-6-4-8-3-2-7(6)10/h2-5H,1H3. The molecule has 13 heavy (non-hydrogen) atoms. The molecule has 0 aromatic carbocycles. The smallest absolute Gasteiger partial charge is 0.237 e. The molecule has 0 N–H and O–H groups in total. The normalized spacial score (nSPS) is 12.1. The topological polar surface area (TPSA) is 64.8 Å². The first-order valence-corrected chi connectivity index (χ1v) is 5.41. The van der Waals surface area contributed by atoms with E-state index in [1.165, 1.54) is 18.7 Å². The highest BCUT2D eigenvalue weighted by atomic mass is 32.2. The van der Waals surface area contributed by atoms with Crippen LogP contribution in [0.1, 0.15) is 0 Å². The van der Waals surface area contributed by atoms with Gasteiger partial charge in [-0.2, -0.15) is 0 Å². The molecular formula is C7H7N3O2S. The fraction of sp³-hybridized carbons (Fsp3) is 0.143. The first-order chi connectivity index (χ1) is 6.09. The molecule has 2 heterocycles. The number of hydrogen-bond acceptors (Lipinski definition) is 4. The van der Waals surface area contributed by atoms with E-state index >= 15 is 0 Å². The molecule has 0 bridgehead atoms. The van der Waals surface area contributed by atoms with Crippen molar-refractivity contribution in [3.05, 3.63) is 24.8 Å². The Kier molecular flexibility index (Phi) is 1.59. The Morgan fingerprint density at radius 2 is 2.23 bits per heavy atom. The van der Waals surface area contributed by atoms with Gasteiger partial charge in [-0.25, -0.2) is 17.4 Å². The number of nitrogens with zero attached hydrogens (tertiary/aromatic N) is 3. The average molecular weight is 197 g/mol. The highest BCUT2D eigenvalue weighted by Crippen LogP contribution is 2.11. The van der Waals surface area contributed by atoms with E-state index in [-0.39, 0.29) is 0 Å². The van der Waals surface area contributed by atoms with Crippen LogP contribution in [-0.2, 0) is 10.0 Å². The van der Waals surface area contributed by atoms with E-state index in [0.717, 1.165) is 10.2 Å². The minimum Gasteiger partial charge on any atom is -0.262 e. The number of rotatable bonds is 1. The van der Waals surface area contributed by atoms with E-state index in [0.29, 0.717) is 11.0 Å². The molecule has 0 saturated carbocycles. The maximum absolute atomic E-state index is 11.2. The summed E-state index contributed by atoms with van der Waals surface area (Å²) >= 11 is 0. The predicted molar refractivity (Wildman–Crippen MR) is 47.8 cm³/mol. The van der Waals surface area contributed by atoms with E-state index < -0.39 is 10.0 Å². The van der Waals surface area contributed by atoms with Gasteiger partial charge in [0, 0.05) is 6.20 Å². The summed E-state index contributed by atoms with van der Waals surface area (Å²) in [4.78, 5) is 7.74. The molecule has 6 heteroatoms. The number of imidazole rings is 1. The van der Waals surface area contributed by atoms with Crippen molar-refractivity contribution >= 4 is 21.1 Å². The molecule has 0 saturated heterocycles. The van der Waals surface area contributed by atoms with E-state index in [2.05, 4.69) is 9.97 Å². The zero-order valence-corrected chi connectivity index (χ0v) is 7.69. The highest BCUT2D eigenvalue weighted by Gasteiger charge is 2.09. The lowest BCUT2D eigenvalue weighted by atomic mass is 10.4. The van der Waals surface area contributed by atoms with Gasteiger partial charge in [-0.05, 0) is 6.07 Å². The van der Waals surface area contributed by atoms with E-state index in [4.69, 9.17) is 0 Å². The van der Waals surface area contributed by atoms with Gasteiger partial charge in [-0.1, -0.05) is 0 Å². The lowest BCUT2D eigenvalue weighted by Gasteiger charge is -1.98. The molecule has 2 rings (SSSR count). The average Bonchev–Trinajstić information content (AvgIpc) is 2.45. The molecule has 2 aromatic rings. The van der Waals surface area contributed by atoms with Gasteiger partial charge >= 0.3 is 0 Å². The number of fused-ring (bicyclic) bond motifs is 1. The lowest BCUT2D eigenvalue weighted by Crippen LogP contribution is -2.07. The summed E-state index contributed by atoms with van der Waals surface area (Å²) in [5.74, 6) is 0. The van der Waals surface area contributed by atoms with Crippen LogP contribution in [0.4, 0.5) is 0 Å². The molecule has 0 aliphatic rings. The van der Waals surface area contributed by atoms with Gasteiger partial charge < -0.3 is 0 Å². The van der Waals surface area contributed by atoms with Crippen LogP contribution in [0, 0.1) is 0 Å². The van der Waals surface area contributed by atoms with Crippen LogP contribution < -0.4 is 0 Å². The SMILES string of the molecule is CS(=O)(=O)n1cnc2cnccc21. The van der Waals surface area contributed by atoms with Gasteiger partial charge in [-0.3, -0.25) is 4.98 Å². The summed E-state index contributed by atoms with van der Waals surface area (Å²) in [6.07, 6.45) is 5.47. The molecular weight excluding hydrogens is 190 g/mol. The Morgan fingerprint density at radius 1 is 1.46 bits per heavy atom. The monoisotopic (exact) mass is 197 g/mol. The summed E-state index contributed by atoms with van der Waals surface area (Å²) in [6, 6.07) is 1.61. The van der Waals surface area contributed by atoms with Crippen LogP contribution in [0.25, 0.3) is 11.0 Å². The quantitative estimate of drug-likeness (QED) is 0.656. The first kappa shape index (κ1) is 8.18. The van der Waals surface area contributed by atoms with Crippen LogP contribution in [0.15, 0.2) is 24.8 Å². The van der Waals surface area contributed by atoms with E-state index in [1.807, 2.05) is 0 Å². The third kappa shape index (κ3) is 1.29. The van der Waals surface area contributed by atoms with Gasteiger partial charge in [0.25, 0.3) is 0 Å². The van der Waals surface area contributed by atoms with E-state index in [1.54, 1.807) is 6.07 Å².